The van der Waals surface area contributed by atoms with Gasteiger partial charge in [-0.15, -0.1) is 0 Å². The molecule has 4 aromatic rings. The van der Waals surface area contributed by atoms with Crippen LogP contribution < -0.4 is 5.69 Å². The van der Waals surface area contributed by atoms with Crippen molar-refractivity contribution in [3.8, 4) is 0 Å². The number of amides is 1. The van der Waals surface area contributed by atoms with Gasteiger partial charge in [0, 0.05) is 23.7 Å². The molecule has 0 saturated carbocycles. The van der Waals surface area contributed by atoms with Gasteiger partial charge < -0.3 is 5.11 Å². The number of aromatic amines is 1. The molecule has 0 aliphatic heterocycles. The van der Waals surface area contributed by atoms with Crippen LogP contribution in [0.3, 0.4) is 0 Å². The number of nitrogens with zero attached hydrogens (tertiary/aromatic N) is 3. The average molecular weight is 390 g/mol. The van der Waals surface area contributed by atoms with Crippen molar-refractivity contribution in [3.05, 3.63) is 64.7 Å². The van der Waals surface area contributed by atoms with E-state index < -0.39 is 11.6 Å². The molecule has 0 bridgehead atoms. The van der Waals surface area contributed by atoms with E-state index in [2.05, 4.69) is 16.3 Å². The van der Waals surface area contributed by atoms with E-state index in [4.69, 9.17) is 0 Å². The molecule has 2 aromatic carbocycles. The summed E-state index contributed by atoms with van der Waals surface area (Å²) in [5.41, 5.74) is 0.558. The first-order valence-electron chi connectivity index (χ1n) is 9.35. The van der Waals surface area contributed by atoms with E-state index in [1.165, 1.54) is 9.30 Å². The third-order valence-electron chi connectivity index (χ3n) is 5.04. The standard InChI is InChI=1S/C22H22N4O3/c1-22(2,3)26(21(28)29)10-6-9-16-13-25-19(23-24-20(25)27)18-12-15-8-5-4-7-14(15)11-17(16)18/h4-9,11-13H,10H2,1-3H3,(H,24,27)(H,28,29). The molecule has 0 atom stereocenters. The van der Waals surface area contributed by atoms with Crippen molar-refractivity contribution in [2.75, 3.05) is 6.54 Å². The molecule has 1 amide bonds. The van der Waals surface area contributed by atoms with Crippen LogP contribution in [0, 0.1) is 0 Å². The third-order valence-corrected chi connectivity index (χ3v) is 5.04. The van der Waals surface area contributed by atoms with Gasteiger partial charge >= 0.3 is 11.8 Å². The number of pyridine rings is 1. The van der Waals surface area contributed by atoms with E-state index in [0.29, 0.717) is 5.65 Å². The van der Waals surface area contributed by atoms with Crippen molar-refractivity contribution >= 4 is 39.4 Å². The SMILES string of the molecule is CC(C)(C)N(CC=Cc1cn2c(=O)[nH]nc2c2cc3ccccc3cc12)C(=O)O. The van der Waals surface area contributed by atoms with Gasteiger partial charge in [0.2, 0.25) is 0 Å². The minimum absolute atomic E-state index is 0.242. The molecular weight excluding hydrogens is 368 g/mol. The number of benzene rings is 2. The molecule has 29 heavy (non-hydrogen) atoms. The maximum atomic E-state index is 12.2. The minimum Gasteiger partial charge on any atom is -0.465 e. The lowest BCUT2D eigenvalue weighted by Gasteiger charge is -2.32. The van der Waals surface area contributed by atoms with Crippen molar-refractivity contribution in [1.82, 2.24) is 19.5 Å². The second-order valence-electron chi connectivity index (χ2n) is 8.02. The summed E-state index contributed by atoms with van der Waals surface area (Å²) in [5, 5.41) is 20.1. The third kappa shape index (κ3) is 3.35. The normalized spacial score (nSPS) is 12.4. The predicted octanol–water partition coefficient (Wildman–Crippen LogP) is 4.12. The molecule has 0 aliphatic rings. The van der Waals surface area contributed by atoms with Gasteiger partial charge in [-0.1, -0.05) is 36.4 Å². The quantitative estimate of drug-likeness (QED) is 0.515. The van der Waals surface area contributed by atoms with E-state index in [1.807, 2.05) is 57.2 Å². The van der Waals surface area contributed by atoms with Crippen LogP contribution >= 0.6 is 0 Å². The molecular formula is C22H22N4O3. The predicted molar refractivity (Wildman–Crippen MR) is 114 cm³/mol. The summed E-state index contributed by atoms with van der Waals surface area (Å²) in [6, 6.07) is 12.1. The highest BCUT2D eigenvalue weighted by Crippen LogP contribution is 2.28. The summed E-state index contributed by atoms with van der Waals surface area (Å²) in [4.78, 5) is 25.1. The molecule has 0 fully saturated rings. The number of H-pyrrole nitrogens is 1. The maximum Gasteiger partial charge on any atom is 0.408 e. The van der Waals surface area contributed by atoms with Gasteiger partial charge in [-0.25, -0.2) is 19.1 Å². The summed E-state index contributed by atoms with van der Waals surface area (Å²) < 4.78 is 1.48. The summed E-state index contributed by atoms with van der Waals surface area (Å²) in [6.07, 6.45) is 4.43. The lowest BCUT2D eigenvalue weighted by Crippen LogP contribution is -2.44. The zero-order chi connectivity index (χ0) is 20.8. The van der Waals surface area contributed by atoms with E-state index in [0.717, 1.165) is 27.1 Å². The Kier molecular flexibility index (Phi) is 4.38. The zero-order valence-electron chi connectivity index (χ0n) is 16.5. The summed E-state index contributed by atoms with van der Waals surface area (Å²) in [6.45, 7) is 5.81. The lowest BCUT2D eigenvalue weighted by atomic mass is 10.0. The number of aromatic nitrogens is 3. The Morgan fingerprint density at radius 2 is 1.86 bits per heavy atom. The Morgan fingerprint density at radius 1 is 1.21 bits per heavy atom. The fraction of sp³-hybridized carbons (Fsp3) is 0.227. The van der Waals surface area contributed by atoms with Crippen molar-refractivity contribution < 1.29 is 9.90 Å². The van der Waals surface area contributed by atoms with Crippen LogP contribution in [0.15, 0.2) is 53.5 Å². The number of nitrogens with one attached hydrogen (secondary N) is 1. The van der Waals surface area contributed by atoms with Gasteiger partial charge in [0.15, 0.2) is 5.65 Å². The van der Waals surface area contributed by atoms with Crippen LogP contribution in [-0.4, -0.2) is 42.8 Å². The fourth-order valence-corrected chi connectivity index (χ4v) is 3.54. The first kappa shape index (κ1) is 18.7. The zero-order valence-corrected chi connectivity index (χ0v) is 16.5. The molecule has 148 valence electrons. The number of hydrogen-bond donors (Lipinski definition) is 2. The molecule has 2 aromatic heterocycles. The van der Waals surface area contributed by atoms with Crippen LogP contribution in [0.2, 0.25) is 0 Å². The van der Waals surface area contributed by atoms with Crippen molar-refractivity contribution in [3.63, 3.8) is 0 Å². The highest BCUT2D eigenvalue weighted by Gasteiger charge is 2.24. The van der Waals surface area contributed by atoms with Gasteiger partial charge in [0.1, 0.15) is 0 Å². The van der Waals surface area contributed by atoms with Crippen LogP contribution in [-0.2, 0) is 0 Å². The fourth-order valence-electron chi connectivity index (χ4n) is 3.54. The monoisotopic (exact) mass is 390 g/mol. The Morgan fingerprint density at radius 3 is 2.48 bits per heavy atom. The first-order chi connectivity index (χ1) is 13.8. The highest BCUT2D eigenvalue weighted by atomic mass is 16.4. The Hall–Kier alpha value is -3.61. The Labute approximate surface area is 166 Å². The van der Waals surface area contributed by atoms with Gasteiger partial charge in [-0.2, -0.15) is 5.10 Å². The summed E-state index contributed by atoms with van der Waals surface area (Å²) in [5.74, 6) is 0. The number of fused-ring (bicyclic) bond motifs is 4. The second-order valence-corrected chi connectivity index (χ2v) is 8.02. The lowest BCUT2D eigenvalue weighted by molar-refractivity contribution is 0.108. The van der Waals surface area contributed by atoms with E-state index in [9.17, 15) is 14.7 Å². The number of carbonyl (C=O) groups is 1. The molecule has 4 rings (SSSR count). The molecule has 2 heterocycles. The van der Waals surface area contributed by atoms with Crippen LogP contribution in [0.25, 0.3) is 33.3 Å². The number of carboxylic acid groups (broad SMARTS) is 1. The maximum absolute atomic E-state index is 12.2. The Bertz CT molecular complexity index is 1330. The van der Waals surface area contributed by atoms with Crippen LogP contribution in [0.4, 0.5) is 4.79 Å². The van der Waals surface area contributed by atoms with E-state index in [-0.39, 0.29) is 12.2 Å². The smallest absolute Gasteiger partial charge is 0.408 e. The first-order valence-corrected chi connectivity index (χ1v) is 9.35. The van der Waals surface area contributed by atoms with Crippen LogP contribution in [0.1, 0.15) is 26.3 Å². The summed E-state index contributed by atoms with van der Waals surface area (Å²) in [7, 11) is 0. The topological polar surface area (TPSA) is 90.7 Å². The molecule has 0 saturated heterocycles. The number of rotatable bonds is 3. The highest BCUT2D eigenvalue weighted by molar-refractivity contribution is 6.06. The van der Waals surface area contributed by atoms with Crippen molar-refractivity contribution in [1.29, 1.82) is 0 Å². The molecule has 7 heteroatoms. The number of hydrogen-bond acceptors (Lipinski definition) is 3. The minimum atomic E-state index is -0.973. The van der Waals surface area contributed by atoms with E-state index >= 15 is 0 Å². The van der Waals surface area contributed by atoms with Gasteiger partial charge in [0.25, 0.3) is 0 Å². The van der Waals surface area contributed by atoms with E-state index in [1.54, 1.807) is 12.3 Å². The van der Waals surface area contributed by atoms with Crippen LogP contribution in [0.5, 0.6) is 0 Å². The largest absolute Gasteiger partial charge is 0.465 e. The Balaban J connectivity index is 1.88. The molecule has 0 spiro atoms. The van der Waals surface area contributed by atoms with Gasteiger partial charge in [0.05, 0.1) is 0 Å². The van der Waals surface area contributed by atoms with Gasteiger partial charge in [-0.05, 0) is 54.6 Å². The molecule has 0 unspecified atom stereocenters. The summed E-state index contributed by atoms with van der Waals surface area (Å²) >= 11 is 0. The molecule has 7 nitrogen and oxygen atoms in total. The average Bonchev–Trinajstić information content (AvgIpc) is 3.03. The van der Waals surface area contributed by atoms with Crippen molar-refractivity contribution in [2.45, 2.75) is 26.3 Å². The molecule has 0 aliphatic carbocycles. The van der Waals surface area contributed by atoms with Crippen molar-refractivity contribution in [2.24, 2.45) is 0 Å². The molecule has 2 N–H and O–H groups in total. The molecule has 0 radical (unpaired) electrons. The van der Waals surface area contributed by atoms with Gasteiger partial charge in [-0.3, -0.25) is 4.90 Å². The second kappa shape index (κ2) is 6.77.